The van der Waals surface area contributed by atoms with Gasteiger partial charge < -0.3 is 19.6 Å². The lowest BCUT2D eigenvalue weighted by Gasteiger charge is -2.42. The van der Waals surface area contributed by atoms with Gasteiger partial charge in [-0.2, -0.15) is 0 Å². The van der Waals surface area contributed by atoms with Gasteiger partial charge in [-0.25, -0.2) is 9.97 Å². The summed E-state index contributed by atoms with van der Waals surface area (Å²) in [6.45, 7) is 8.77. The molecule has 0 aliphatic carbocycles. The van der Waals surface area contributed by atoms with Crippen LogP contribution in [0.3, 0.4) is 0 Å². The number of pyridine rings is 1. The molecular weight excluding hydrogens is 426 g/mol. The minimum absolute atomic E-state index is 0.317. The van der Waals surface area contributed by atoms with Gasteiger partial charge in [0.1, 0.15) is 5.75 Å². The van der Waals surface area contributed by atoms with Gasteiger partial charge in [0.2, 0.25) is 5.95 Å². The summed E-state index contributed by atoms with van der Waals surface area (Å²) in [5, 5.41) is 11.8. The number of rotatable bonds is 6. The van der Waals surface area contributed by atoms with Gasteiger partial charge >= 0.3 is 0 Å². The smallest absolute Gasteiger partial charge is 0.226 e. The van der Waals surface area contributed by atoms with Crippen molar-refractivity contribution in [3.63, 3.8) is 0 Å². The Hall–Kier alpha value is -2.77. The Labute approximate surface area is 201 Å². The molecule has 5 rings (SSSR count). The number of aromatic nitrogens is 3. The maximum absolute atomic E-state index is 10.8. The zero-order valence-corrected chi connectivity index (χ0v) is 20.2. The Balaban J connectivity index is 1.17. The van der Waals surface area contributed by atoms with Crippen LogP contribution in [0.4, 0.5) is 5.95 Å². The van der Waals surface area contributed by atoms with E-state index < -0.39 is 6.10 Å². The molecule has 180 valence electrons. The highest BCUT2D eigenvalue weighted by Crippen LogP contribution is 2.33. The molecule has 0 unspecified atom stereocenters. The normalized spacial score (nSPS) is 19.4. The largest absolute Gasteiger partial charge is 0.494 e. The number of hydrogen-bond donors (Lipinski definition) is 1. The molecule has 7 nitrogen and oxygen atoms in total. The van der Waals surface area contributed by atoms with Crippen molar-refractivity contribution in [2.75, 3.05) is 37.7 Å². The minimum atomic E-state index is -0.407. The first-order chi connectivity index (χ1) is 16.6. The average molecular weight is 462 g/mol. The second-order valence-corrected chi connectivity index (χ2v) is 9.54. The van der Waals surface area contributed by atoms with Crippen LogP contribution < -0.4 is 9.64 Å². The van der Waals surface area contributed by atoms with Gasteiger partial charge in [0, 0.05) is 36.9 Å². The molecule has 2 aliphatic heterocycles. The maximum Gasteiger partial charge on any atom is 0.226 e. The van der Waals surface area contributed by atoms with Crippen molar-refractivity contribution in [3.8, 4) is 5.75 Å². The molecule has 2 fully saturated rings. The van der Waals surface area contributed by atoms with Gasteiger partial charge in [0.25, 0.3) is 0 Å². The number of ether oxygens (including phenoxy) is 1. The predicted molar refractivity (Wildman–Crippen MR) is 134 cm³/mol. The number of nitrogens with zero attached hydrogens (tertiary/aromatic N) is 5. The molecular formula is C27H35N5O2. The zero-order valence-electron chi connectivity index (χ0n) is 20.2. The van der Waals surface area contributed by atoms with E-state index in [1.165, 1.54) is 0 Å². The third-order valence-electron chi connectivity index (χ3n) is 7.47. The lowest BCUT2D eigenvalue weighted by Crippen LogP contribution is -2.48. The molecule has 3 aromatic rings. The first-order valence-corrected chi connectivity index (χ1v) is 12.6. The van der Waals surface area contributed by atoms with E-state index in [0.717, 1.165) is 85.7 Å². The van der Waals surface area contributed by atoms with Crippen LogP contribution in [0.25, 0.3) is 10.9 Å². The van der Waals surface area contributed by atoms with E-state index in [1.54, 1.807) is 12.4 Å². The number of aryl methyl sites for hydroxylation is 1. The van der Waals surface area contributed by atoms with E-state index in [-0.39, 0.29) is 0 Å². The fourth-order valence-electron chi connectivity index (χ4n) is 5.50. The fraction of sp³-hybridized carbons (Fsp3) is 0.519. The van der Waals surface area contributed by atoms with Crippen molar-refractivity contribution >= 4 is 16.9 Å². The lowest BCUT2D eigenvalue weighted by atomic mass is 9.87. The van der Waals surface area contributed by atoms with Crippen LogP contribution >= 0.6 is 0 Å². The third kappa shape index (κ3) is 4.86. The van der Waals surface area contributed by atoms with Gasteiger partial charge in [0.15, 0.2) is 0 Å². The van der Waals surface area contributed by atoms with Crippen molar-refractivity contribution in [1.82, 2.24) is 19.9 Å². The van der Waals surface area contributed by atoms with Crippen LogP contribution in [0.5, 0.6) is 5.75 Å². The minimum Gasteiger partial charge on any atom is -0.494 e. The molecule has 0 bridgehead atoms. The number of hydrogen-bond acceptors (Lipinski definition) is 7. The Bertz CT molecular complexity index is 1090. The van der Waals surface area contributed by atoms with Crippen molar-refractivity contribution in [2.24, 2.45) is 5.92 Å². The molecule has 0 saturated carbocycles. The van der Waals surface area contributed by atoms with Crippen LogP contribution in [-0.2, 0) is 0 Å². The molecule has 2 saturated heterocycles. The van der Waals surface area contributed by atoms with E-state index in [2.05, 4.69) is 21.7 Å². The van der Waals surface area contributed by atoms with Gasteiger partial charge in [0.05, 0.1) is 23.9 Å². The second-order valence-electron chi connectivity index (χ2n) is 9.54. The first-order valence-electron chi connectivity index (χ1n) is 12.6. The molecule has 0 spiro atoms. The SMILES string of the molecule is CCOc1ccc2nc(N3CCC(N4CCC([C@@H](O)c5cccnc5)CC4)CC3)nc(C)c2c1. The van der Waals surface area contributed by atoms with Gasteiger partial charge in [-0.3, -0.25) is 4.98 Å². The zero-order chi connectivity index (χ0) is 23.5. The fourth-order valence-corrected chi connectivity index (χ4v) is 5.50. The monoisotopic (exact) mass is 461 g/mol. The molecule has 1 atom stereocenters. The summed E-state index contributed by atoms with van der Waals surface area (Å²) in [7, 11) is 0. The summed E-state index contributed by atoms with van der Waals surface area (Å²) in [5.41, 5.74) is 2.91. The van der Waals surface area contributed by atoms with Crippen molar-refractivity contribution in [3.05, 3.63) is 54.0 Å². The van der Waals surface area contributed by atoms with Crippen molar-refractivity contribution in [1.29, 1.82) is 0 Å². The highest BCUT2D eigenvalue weighted by atomic mass is 16.5. The quantitative estimate of drug-likeness (QED) is 0.591. The maximum atomic E-state index is 10.8. The van der Waals surface area contributed by atoms with Crippen molar-refractivity contribution < 1.29 is 9.84 Å². The number of anilines is 1. The Morgan fingerprint density at radius 1 is 1.06 bits per heavy atom. The highest BCUT2D eigenvalue weighted by molar-refractivity contribution is 5.83. The highest BCUT2D eigenvalue weighted by Gasteiger charge is 2.31. The molecule has 2 aliphatic rings. The molecule has 34 heavy (non-hydrogen) atoms. The number of aliphatic hydroxyl groups excluding tert-OH is 1. The molecule has 7 heteroatoms. The summed E-state index contributed by atoms with van der Waals surface area (Å²) in [4.78, 5) is 18.8. The number of aliphatic hydroxyl groups is 1. The molecule has 1 aromatic carbocycles. The van der Waals surface area contributed by atoms with Crippen LogP contribution in [0, 0.1) is 12.8 Å². The van der Waals surface area contributed by atoms with E-state index in [4.69, 9.17) is 14.7 Å². The van der Waals surface area contributed by atoms with Gasteiger partial charge in [-0.15, -0.1) is 0 Å². The standard InChI is InChI=1S/C27H35N5O2/c1-3-34-23-6-7-25-24(17-23)19(2)29-27(30-25)32-15-10-22(11-16-32)31-13-8-20(9-14-31)26(33)21-5-4-12-28-18-21/h4-7,12,17-18,20,22,26,33H,3,8-11,13-16H2,1-2H3/t26-/m1/s1. The first kappa shape index (κ1) is 23.0. The number of benzene rings is 1. The Kier molecular flexibility index (Phi) is 6.92. The van der Waals surface area contributed by atoms with Gasteiger partial charge in [-0.05, 0) is 88.4 Å². The summed E-state index contributed by atoms with van der Waals surface area (Å²) in [6, 6.07) is 10.6. The molecule has 0 radical (unpaired) electrons. The van der Waals surface area contributed by atoms with E-state index in [0.29, 0.717) is 18.6 Å². The molecule has 0 amide bonds. The van der Waals surface area contributed by atoms with Crippen LogP contribution in [0.15, 0.2) is 42.7 Å². The van der Waals surface area contributed by atoms with Crippen LogP contribution in [0.2, 0.25) is 0 Å². The average Bonchev–Trinajstić information content (AvgIpc) is 2.89. The van der Waals surface area contributed by atoms with Crippen LogP contribution in [0.1, 0.15) is 50.0 Å². The number of fused-ring (bicyclic) bond motifs is 1. The Morgan fingerprint density at radius 2 is 1.85 bits per heavy atom. The molecule has 2 aromatic heterocycles. The van der Waals surface area contributed by atoms with Crippen LogP contribution in [-0.4, -0.2) is 63.8 Å². The lowest BCUT2D eigenvalue weighted by molar-refractivity contribution is 0.0402. The van der Waals surface area contributed by atoms with E-state index in [1.807, 2.05) is 37.3 Å². The Morgan fingerprint density at radius 3 is 2.56 bits per heavy atom. The third-order valence-corrected chi connectivity index (χ3v) is 7.47. The summed E-state index contributed by atoms with van der Waals surface area (Å²) in [5.74, 6) is 2.02. The summed E-state index contributed by atoms with van der Waals surface area (Å²) >= 11 is 0. The molecule has 4 heterocycles. The van der Waals surface area contributed by atoms with E-state index in [9.17, 15) is 5.11 Å². The summed E-state index contributed by atoms with van der Waals surface area (Å²) < 4.78 is 5.64. The predicted octanol–water partition coefficient (Wildman–Crippen LogP) is 4.15. The van der Waals surface area contributed by atoms with E-state index >= 15 is 0 Å². The summed E-state index contributed by atoms with van der Waals surface area (Å²) in [6.07, 6.45) is 7.46. The topological polar surface area (TPSA) is 74.6 Å². The molecule has 1 N–H and O–H groups in total. The van der Waals surface area contributed by atoms with Crippen molar-refractivity contribution in [2.45, 2.75) is 51.7 Å². The second kappa shape index (κ2) is 10.2. The van der Waals surface area contributed by atoms with Gasteiger partial charge in [-0.1, -0.05) is 6.07 Å². The number of likely N-dealkylation sites (tertiary alicyclic amines) is 1. The number of piperidine rings is 2.